The fourth-order valence-electron chi connectivity index (χ4n) is 2.87. The summed E-state index contributed by atoms with van der Waals surface area (Å²) < 4.78 is 0. The van der Waals surface area contributed by atoms with Gasteiger partial charge < -0.3 is 10.2 Å². The van der Waals surface area contributed by atoms with Gasteiger partial charge in [-0.25, -0.2) is 4.79 Å². The maximum Gasteiger partial charge on any atom is 0.370 e. The third-order valence-electron chi connectivity index (χ3n) is 4.53. The molecule has 0 aromatic carbocycles. The Morgan fingerprint density at radius 2 is 1.07 bits per heavy atom. The first-order valence-corrected chi connectivity index (χ1v) is 10.8. The van der Waals surface area contributed by atoms with Crippen LogP contribution in [0.5, 0.6) is 0 Å². The predicted molar refractivity (Wildman–Crippen MR) is 116 cm³/mol. The van der Waals surface area contributed by atoms with E-state index in [0.29, 0.717) is 0 Å². The van der Waals surface area contributed by atoms with Crippen molar-refractivity contribution in [1.29, 1.82) is 0 Å². The number of carbonyl (C=O) groups is 1. The minimum Gasteiger partial charge on any atom is -0.502 e. The van der Waals surface area contributed by atoms with Crippen molar-refractivity contribution in [3.05, 3.63) is 48.3 Å². The first-order chi connectivity index (χ1) is 13.2. The van der Waals surface area contributed by atoms with Crippen molar-refractivity contribution in [3.63, 3.8) is 0 Å². The number of hydrogen-bond acceptors (Lipinski definition) is 2. The molecule has 0 aliphatic rings. The number of allylic oxidation sites excluding steroid dienone is 7. The topological polar surface area (TPSA) is 57.5 Å². The summed E-state index contributed by atoms with van der Waals surface area (Å²) in [5.41, 5.74) is 0. The van der Waals surface area contributed by atoms with Gasteiger partial charge in [0, 0.05) is 0 Å². The smallest absolute Gasteiger partial charge is 0.370 e. The summed E-state index contributed by atoms with van der Waals surface area (Å²) in [5.74, 6) is -1.97. The molecule has 0 aromatic heterocycles. The molecule has 0 unspecified atom stereocenters. The zero-order valence-corrected chi connectivity index (χ0v) is 17.2. The molecule has 0 bridgehead atoms. The van der Waals surface area contributed by atoms with Gasteiger partial charge in [-0.15, -0.1) is 0 Å². The third kappa shape index (κ3) is 20.4. The summed E-state index contributed by atoms with van der Waals surface area (Å²) in [4.78, 5) is 10.3. The van der Waals surface area contributed by atoms with Crippen LogP contribution in [-0.4, -0.2) is 16.2 Å². The van der Waals surface area contributed by atoms with Gasteiger partial charge in [0.1, 0.15) is 0 Å². The highest BCUT2D eigenvalue weighted by Gasteiger charge is 1.99. The summed E-state index contributed by atoms with van der Waals surface area (Å²) in [5, 5.41) is 17.4. The number of aliphatic carboxylic acids is 1. The molecule has 0 atom stereocenters. The molecule has 0 saturated carbocycles. The molecule has 3 nitrogen and oxygen atoms in total. The standard InChI is InChI=1S/C24H40O3/c1-2-3-4-5-6-7-8-9-10-11-12-13-14-15-16-17-18-19-20-21-22-23(25)24(26)27/h16-22,25H,2-15H2,1H3,(H,26,27). The van der Waals surface area contributed by atoms with Crippen LogP contribution in [0.1, 0.15) is 96.8 Å². The first-order valence-electron chi connectivity index (χ1n) is 10.8. The summed E-state index contributed by atoms with van der Waals surface area (Å²) in [6, 6.07) is 0. The zero-order valence-electron chi connectivity index (χ0n) is 17.2. The largest absolute Gasteiger partial charge is 0.502 e. The number of unbranched alkanes of at least 4 members (excludes halogenated alkanes) is 13. The molecule has 0 spiro atoms. The molecule has 2 N–H and O–H groups in total. The molecule has 0 fully saturated rings. The van der Waals surface area contributed by atoms with Gasteiger partial charge in [0.2, 0.25) is 5.76 Å². The summed E-state index contributed by atoms with van der Waals surface area (Å²) >= 11 is 0. The molecule has 0 aliphatic carbocycles. The molecule has 0 saturated heterocycles. The molecular formula is C24H40O3. The quantitative estimate of drug-likeness (QED) is 0.112. The van der Waals surface area contributed by atoms with E-state index >= 15 is 0 Å². The van der Waals surface area contributed by atoms with Crippen molar-refractivity contribution in [3.8, 4) is 0 Å². The van der Waals surface area contributed by atoms with Crippen LogP contribution < -0.4 is 0 Å². The molecule has 0 aliphatic heterocycles. The second-order valence-electron chi connectivity index (χ2n) is 7.09. The van der Waals surface area contributed by atoms with Crippen molar-refractivity contribution in [2.45, 2.75) is 96.8 Å². The minimum absolute atomic E-state index is 0.655. The molecule has 0 rings (SSSR count). The SMILES string of the molecule is CCCCCCCCCCCCCCCC=CC=CC=CC=C(O)C(=O)O. The molecule has 0 aromatic rings. The summed E-state index contributed by atoms with van der Waals surface area (Å²) in [6.07, 6.45) is 31.3. The molecule has 0 heterocycles. The van der Waals surface area contributed by atoms with E-state index in [0.717, 1.165) is 12.5 Å². The van der Waals surface area contributed by atoms with Gasteiger partial charge in [-0.1, -0.05) is 120 Å². The highest BCUT2D eigenvalue weighted by molar-refractivity contribution is 5.83. The second-order valence-corrected chi connectivity index (χ2v) is 7.09. The Morgan fingerprint density at radius 1 is 0.630 bits per heavy atom. The van der Waals surface area contributed by atoms with Crippen LogP contribution in [0, 0.1) is 0 Å². The van der Waals surface area contributed by atoms with Gasteiger partial charge in [-0.2, -0.15) is 0 Å². The van der Waals surface area contributed by atoms with E-state index < -0.39 is 11.7 Å². The molecular weight excluding hydrogens is 336 g/mol. The van der Waals surface area contributed by atoms with E-state index in [1.54, 1.807) is 6.08 Å². The highest BCUT2D eigenvalue weighted by Crippen LogP contribution is 2.13. The van der Waals surface area contributed by atoms with Crippen LogP contribution in [0.2, 0.25) is 0 Å². The van der Waals surface area contributed by atoms with Gasteiger partial charge in [0.05, 0.1) is 0 Å². The third-order valence-corrected chi connectivity index (χ3v) is 4.53. The molecule has 154 valence electrons. The second kappa shape index (κ2) is 20.5. The highest BCUT2D eigenvalue weighted by atomic mass is 16.4. The van der Waals surface area contributed by atoms with Gasteiger partial charge in [-0.05, 0) is 18.9 Å². The zero-order chi connectivity index (χ0) is 20.0. The normalized spacial score (nSPS) is 12.7. The van der Waals surface area contributed by atoms with Crippen LogP contribution in [0.15, 0.2) is 48.3 Å². The fourth-order valence-corrected chi connectivity index (χ4v) is 2.87. The molecule has 0 radical (unpaired) electrons. The maximum atomic E-state index is 10.3. The Bertz CT molecular complexity index is 458. The van der Waals surface area contributed by atoms with Crippen molar-refractivity contribution in [2.24, 2.45) is 0 Å². The van der Waals surface area contributed by atoms with Crippen LogP contribution in [-0.2, 0) is 4.79 Å². The van der Waals surface area contributed by atoms with Gasteiger partial charge in [0.25, 0.3) is 0 Å². The Labute approximate surface area is 166 Å². The average molecular weight is 377 g/mol. The Morgan fingerprint density at radius 3 is 1.59 bits per heavy atom. The van der Waals surface area contributed by atoms with Crippen LogP contribution in [0.3, 0.4) is 0 Å². The van der Waals surface area contributed by atoms with E-state index in [9.17, 15) is 4.79 Å². The van der Waals surface area contributed by atoms with Crippen LogP contribution in [0.4, 0.5) is 0 Å². The number of aliphatic hydroxyl groups excluding tert-OH is 1. The number of hydrogen-bond donors (Lipinski definition) is 2. The Hall–Kier alpha value is -1.77. The average Bonchev–Trinajstić information content (AvgIpc) is 2.66. The van der Waals surface area contributed by atoms with E-state index in [2.05, 4.69) is 13.0 Å². The van der Waals surface area contributed by atoms with Crippen molar-refractivity contribution >= 4 is 5.97 Å². The number of carboxylic acids is 1. The van der Waals surface area contributed by atoms with Crippen LogP contribution in [0.25, 0.3) is 0 Å². The van der Waals surface area contributed by atoms with Gasteiger partial charge in [0.15, 0.2) is 0 Å². The fraction of sp³-hybridized carbons (Fsp3) is 0.625. The van der Waals surface area contributed by atoms with E-state index in [1.807, 2.05) is 18.2 Å². The number of carboxylic acid groups (broad SMARTS) is 1. The molecule has 0 amide bonds. The van der Waals surface area contributed by atoms with Crippen molar-refractivity contribution in [1.82, 2.24) is 0 Å². The van der Waals surface area contributed by atoms with Crippen LogP contribution >= 0.6 is 0 Å². The Kier molecular flexibility index (Phi) is 19.2. The van der Waals surface area contributed by atoms with Gasteiger partial charge in [-0.3, -0.25) is 0 Å². The number of aliphatic hydroxyl groups is 1. The summed E-state index contributed by atoms with van der Waals surface area (Å²) in [6.45, 7) is 2.27. The Balaban J connectivity index is 3.36. The minimum atomic E-state index is -1.32. The van der Waals surface area contributed by atoms with Gasteiger partial charge >= 0.3 is 5.97 Å². The van der Waals surface area contributed by atoms with E-state index in [-0.39, 0.29) is 0 Å². The van der Waals surface area contributed by atoms with Crippen molar-refractivity contribution in [2.75, 3.05) is 0 Å². The van der Waals surface area contributed by atoms with E-state index in [1.165, 1.54) is 89.5 Å². The summed E-state index contributed by atoms with van der Waals surface area (Å²) in [7, 11) is 0. The lowest BCUT2D eigenvalue weighted by atomic mass is 10.0. The monoisotopic (exact) mass is 376 g/mol. The number of rotatable bonds is 18. The van der Waals surface area contributed by atoms with Crippen molar-refractivity contribution < 1.29 is 15.0 Å². The molecule has 3 heteroatoms. The maximum absolute atomic E-state index is 10.3. The molecule has 27 heavy (non-hydrogen) atoms. The first kappa shape index (κ1) is 25.2. The lowest BCUT2D eigenvalue weighted by Gasteiger charge is -2.02. The predicted octanol–water partition coefficient (Wildman–Crippen LogP) is 7.66. The van der Waals surface area contributed by atoms with E-state index in [4.69, 9.17) is 10.2 Å². The lowest BCUT2D eigenvalue weighted by Crippen LogP contribution is -1.97. The lowest BCUT2D eigenvalue weighted by molar-refractivity contribution is -0.135.